The van der Waals surface area contributed by atoms with E-state index in [-0.39, 0.29) is 6.10 Å². The number of ether oxygens (including phenoxy) is 1. The predicted octanol–water partition coefficient (Wildman–Crippen LogP) is 2.93. The van der Waals surface area contributed by atoms with Crippen LogP contribution in [0.1, 0.15) is 37.0 Å². The molecule has 1 saturated heterocycles. The summed E-state index contributed by atoms with van der Waals surface area (Å²) < 4.78 is 5.87. The van der Waals surface area contributed by atoms with Crippen molar-refractivity contribution < 1.29 is 4.74 Å². The lowest BCUT2D eigenvalue weighted by molar-refractivity contribution is -0.0301. The molecule has 0 unspecified atom stereocenters. The maximum absolute atomic E-state index is 8.58. The van der Waals surface area contributed by atoms with E-state index >= 15 is 0 Å². The number of nitrogens with zero attached hydrogens (tertiary/aromatic N) is 2. The van der Waals surface area contributed by atoms with Crippen LogP contribution in [0.15, 0.2) is 24.3 Å². The summed E-state index contributed by atoms with van der Waals surface area (Å²) in [4.78, 5) is 2.40. The van der Waals surface area contributed by atoms with Crippen molar-refractivity contribution in [2.24, 2.45) is 0 Å². The number of morpholine rings is 1. The molecule has 102 valence electrons. The third-order valence-electron chi connectivity index (χ3n) is 3.67. The van der Waals surface area contributed by atoms with Gasteiger partial charge in [-0.15, -0.1) is 0 Å². The van der Waals surface area contributed by atoms with Crippen molar-refractivity contribution in [1.29, 1.82) is 5.26 Å². The molecule has 0 aliphatic carbocycles. The lowest BCUT2D eigenvalue weighted by atomic mass is 10.0. The average Bonchev–Trinajstić information content (AvgIpc) is 2.48. The lowest BCUT2D eigenvalue weighted by Crippen LogP contribution is -2.38. The van der Waals surface area contributed by atoms with Gasteiger partial charge in [0.05, 0.1) is 18.8 Å². The second kappa shape index (κ2) is 7.28. The Morgan fingerprint density at radius 2 is 2.16 bits per heavy atom. The van der Waals surface area contributed by atoms with Gasteiger partial charge in [-0.2, -0.15) is 5.26 Å². The van der Waals surface area contributed by atoms with Crippen molar-refractivity contribution in [2.45, 2.75) is 32.3 Å². The van der Waals surface area contributed by atoms with Crippen molar-refractivity contribution >= 4 is 0 Å². The molecule has 1 heterocycles. The number of rotatable bonds is 5. The molecule has 1 aliphatic rings. The van der Waals surface area contributed by atoms with Crippen LogP contribution >= 0.6 is 0 Å². The van der Waals surface area contributed by atoms with Crippen molar-refractivity contribution in [1.82, 2.24) is 4.90 Å². The first-order valence-corrected chi connectivity index (χ1v) is 7.13. The topological polar surface area (TPSA) is 36.3 Å². The monoisotopic (exact) mass is 258 g/mol. The van der Waals surface area contributed by atoms with Crippen LogP contribution in [-0.4, -0.2) is 31.1 Å². The highest BCUT2D eigenvalue weighted by atomic mass is 16.5. The van der Waals surface area contributed by atoms with Crippen LogP contribution in [0.3, 0.4) is 0 Å². The lowest BCUT2D eigenvalue weighted by Gasteiger charge is -2.33. The molecule has 2 rings (SSSR count). The molecule has 1 aromatic carbocycles. The van der Waals surface area contributed by atoms with E-state index < -0.39 is 0 Å². The Morgan fingerprint density at radius 1 is 1.37 bits per heavy atom. The molecule has 1 fully saturated rings. The Bertz CT molecular complexity index is 421. The molecule has 0 bridgehead atoms. The van der Waals surface area contributed by atoms with Crippen molar-refractivity contribution in [3.63, 3.8) is 0 Å². The average molecular weight is 258 g/mol. The minimum Gasteiger partial charge on any atom is -0.371 e. The van der Waals surface area contributed by atoms with Gasteiger partial charge >= 0.3 is 0 Å². The van der Waals surface area contributed by atoms with Gasteiger partial charge in [0.2, 0.25) is 0 Å². The first kappa shape index (κ1) is 14.0. The number of nitriles is 1. The van der Waals surface area contributed by atoms with Gasteiger partial charge in [0.1, 0.15) is 0 Å². The molecule has 0 N–H and O–H groups in total. The molecule has 1 atom stereocenters. The summed E-state index contributed by atoms with van der Waals surface area (Å²) in [5, 5.41) is 8.58. The van der Waals surface area contributed by atoms with Gasteiger partial charge < -0.3 is 4.74 Å². The molecule has 0 radical (unpaired) electrons. The van der Waals surface area contributed by atoms with Gasteiger partial charge in [-0.1, -0.05) is 31.2 Å². The number of benzene rings is 1. The molecular weight excluding hydrogens is 236 g/mol. The Balaban J connectivity index is 1.90. The molecular formula is C16H22N2O. The number of unbranched alkanes of at least 4 members (excludes halogenated alkanes) is 1. The zero-order valence-electron chi connectivity index (χ0n) is 11.6. The molecule has 19 heavy (non-hydrogen) atoms. The van der Waals surface area contributed by atoms with Crippen LogP contribution in [0, 0.1) is 11.3 Å². The summed E-state index contributed by atoms with van der Waals surface area (Å²) in [7, 11) is 0. The zero-order valence-corrected chi connectivity index (χ0v) is 11.6. The molecule has 0 spiro atoms. The summed E-state index contributed by atoms with van der Waals surface area (Å²) in [5.41, 5.74) is 2.63. The maximum Gasteiger partial charge on any atom is 0.0952 e. The van der Waals surface area contributed by atoms with E-state index in [1.165, 1.54) is 11.1 Å². The minimum atomic E-state index is 0.182. The van der Waals surface area contributed by atoms with Crippen LogP contribution in [0.25, 0.3) is 0 Å². The normalized spacial score (nSPS) is 20.1. The van der Waals surface area contributed by atoms with E-state index in [0.717, 1.165) is 39.1 Å². The fraction of sp³-hybridized carbons (Fsp3) is 0.562. The fourth-order valence-electron chi connectivity index (χ4n) is 2.46. The maximum atomic E-state index is 8.58. The molecule has 0 aromatic heterocycles. The smallest absolute Gasteiger partial charge is 0.0952 e. The second-order valence-corrected chi connectivity index (χ2v) is 5.02. The second-order valence-electron chi connectivity index (χ2n) is 5.02. The van der Waals surface area contributed by atoms with Gasteiger partial charge in [0, 0.05) is 19.5 Å². The molecule has 3 nitrogen and oxygen atoms in total. The highest BCUT2D eigenvalue weighted by Crippen LogP contribution is 2.22. The molecule has 3 heteroatoms. The van der Waals surface area contributed by atoms with Crippen molar-refractivity contribution in [3.8, 4) is 6.07 Å². The van der Waals surface area contributed by atoms with Gasteiger partial charge in [0.15, 0.2) is 0 Å². The van der Waals surface area contributed by atoms with E-state index in [1.54, 1.807) is 0 Å². The quantitative estimate of drug-likeness (QED) is 0.762. The third-order valence-corrected chi connectivity index (χ3v) is 3.67. The van der Waals surface area contributed by atoms with E-state index in [9.17, 15) is 0 Å². The van der Waals surface area contributed by atoms with E-state index in [4.69, 9.17) is 10.00 Å². The van der Waals surface area contributed by atoms with Gasteiger partial charge in [0.25, 0.3) is 0 Å². The highest BCUT2D eigenvalue weighted by Gasteiger charge is 2.21. The fourth-order valence-corrected chi connectivity index (χ4v) is 2.46. The van der Waals surface area contributed by atoms with E-state index in [1.807, 2.05) is 0 Å². The number of hydrogen-bond acceptors (Lipinski definition) is 3. The third kappa shape index (κ3) is 4.05. The first-order chi connectivity index (χ1) is 9.33. The Hall–Kier alpha value is -1.37. The van der Waals surface area contributed by atoms with Crippen molar-refractivity contribution in [2.75, 3.05) is 26.2 Å². The van der Waals surface area contributed by atoms with Crippen molar-refractivity contribution in [3.05, 3.63) is 35.4 Å². The Kier molecular flexibility index (Phi) is 5.38. The van der Waals surface area contributed by atoms with E-state index in [0.29, 0.717) is 6.42 Å². The summed E-state index contributed by atoms with van der Waals surface area (Å²) in [6.45, 7) is 5.88. The molecule has 1 aliphatic heterocycles. The standard InChI is InChI=1S/C16H22N2O/c1-2-14-5-7-15(8-6-14)16-13-18(11-12-19-16)10-4-3-9-17/h5-8,16H,2-4,10-13H2,1H3/t16-/m1/s1. The minimum absolute atomic E-state index is 0.182. The van der Waals surface area contributed by atoms with Crippen LogP contribution in [0.4, 0.5) is 0 Å². The van der Waals surface area contributed by atoms with Gasteiger partial charge in [-0.25, -0.2) is 0 Å². The van der Waals surface area contributed by atoms with Crippen LogP contribution in [-0.2, 0) is 11.2 Å². The summed E-state index contributed by atoms with van der Waals surface area (Å²) in [5.74, 6) is 0. The number of hydrogen-bond donors (Lipinski definition) is 0. The number of aryl methyl sites for hydroxylation is 1. The molecule has 1 aromatic rings. The Labute approximate surface area is 115 Å². The Morgan fingerprint density at radius 3 is 2.84 bits per heavy atom. The largest absolute Gasteiger partial charge is 0.371 e. The zero-order chi connectivity index (χ0) is 13.5. The molecule has 0 amide bonds. The SMILES string of the molecule is CCc1ccc([C@H]2CN(CCCC#N)CCO2)cc1. The summed E-state index contributed by atoms with van der Waals surface area (Å²) >= 11 is 0. The first-order valence-electron chi connectivity index (χ1n) is 7.13. The van der Waals surface area contributed by atoms with Crippen LogP contribution in [0.5, 0.6) is 0 Å². The summed E-state index contributed by atoms with van der Waals surface area (Å²) in [6, 6.07) is 10.9. The molecule has 0 saturated carbocycles. The van der Waals surface area contributed by atoms with Crippen LogP contribution in [0.2, 0.25) is 0 Å². The van der Waals surface area contributed by atoms with E-state index in [2.05, 4.69) is 42.2 Å². The van der Waals surface area contributed by atoms with Gasteiger partial charge in [-0.3, -0.25) is 4.90 Å². The predicted molar refractivity (Wildman–Crippen MR) is 75.8 cm³/mol. The van der Waals surface area contributed by atoms with Gasteiger partial charge in [-0.05, 0) is 30.5 Å². The highest BCUT2D eigenvalue weighted by molar-refractivity contribution is 5.24. The summed E-state index contributed by atoms with van der Waals surface area (Å²) in [6.07, 6.45) is 2.86. The van der Waals surface area contributed by atoms with Crippen LogP contribution < -0.4 is 0 Å².